The summed E-state index contributed by atoms with van der Waals surface area (Å²) in [5.41, 5.74) is 20.2. The molecule has 0 aromatic heterocycles. The molecule has 4 aliphatic rings. The van der Waals surface area contributed by atoms with Crippen molar-refractivity contribution in [2.45, 2.75) is 50.4 Å². The van der Waals surface area contributed by atoms with Crippen molar-refractivity contribution in [1.82, 2.24) is 0 Å². The zero-order valence-electron chi connectivity index (χ0n) is 25.5. The van der Waals surface area contributed by atoms with E-state index in [0.29, 0.717) is 5.41 Å². The second kappa shape index (κ2) is 9.41. The standard InChI is InChI=1S/C26H18.C18H18/c1-17-14-15-21-20-10-4-7-13-24(20)26(25(21)16-17)22-11-5-2-8-18(22)19-9-3-6-12-23(19)26;1-13-8-9-15-14-6-2-3-7-16(14)18(17(15)12-13)10-4-5-11-18/h2-16H,1H3;2-3,6-9,12H,4-5,10-11H2,1H3. The highest BCUT2D eigenvalue weighted by Gasteiger charge is 2.51. The molecule has 0 aliphatic heterocycles. The summed E-state index contributed by atoms with van der Waals surface area (Å²) >= 11 is 0. The van der Waals surface area contributed by atoms with Crippen LogP contribution in [0.2, 0.25) is 0 Å². The molecule has 0 amide bonds. The number of hydrogen-bond donors (Lipinski definition) is 0. The second-order valence-electron chi connectivity index (χ2n) is 13.3. The van der Waals surface area contributed by atoms with Crippen LogP contribution in [0.4, 0.5) is 0 Å². The van der Waals surface area contributed by atoms with Gasteiger partial charge < -0.3 is 0 Å². The lowest BCUT2D eigenvalue weighted by molar-refractivity contribution is 0.549. The fourth-order valence-electron chi connectivity index (χ4n) is 9.30. The van der Waals surface area contributed by atoms with Crippen molar-refractivity contribution in [1.29, 1.82) is 0 Å². The van der Waals surface area contributed by atoms with E-state index in [9.17, 15) is 0 Å². The summed E-state index contributed by atoms with van der Waals surface area (Å²) in [6.07, 6.45) is 5.42. The summed E-state index contributed by atoms with van der Waals surface area (Å²) in [6, 6.07) is 49.8. The molecule has 0 nitrogen and oxygen atoms in total. The smallest absolute Gasteiger partial charge is 0.0619 e. The molecule has 0 radical (unpaired) electrons. The topological polar surface area (TPSA) is 0 Å². The molecular formula is C44H36. The van der Waals surface area contributed by atoms with Crippen molar-refractivity contribution in [3.63, 3.8) is 0 Å². The predicted molar refractivity (Wildman–Crippen MR) is 183 cm³/mol. The minimum absolute atomic E-state index is 0.189. The summed E-state index contributed by atoms with van der Waals surface area (Å²) in [6.45, 7) is 4.41. The molecule has 0 bridgehead atoms. The molecule has 0 heteroatoms. The third-order valence-electron chi connectivity index (χ3n) is 11.0. The fraction of sp³-hybridized carbons (Fsp3) is 0.182. The Labute approximate surface area is 261 Å². The van der Waals surface area contributed by atoms with Crippen molar-refractivity contribution in [2.75, 3.05) is 0 Å². The van der Waals surface area contributed by atoms with Crippen LogP contribution in [0.1, 0.15) is 70.2 Å². The normalized spacial score (nSPS) is 16.4. The lowest BCUT2D eigenvalue weighted by Crippen LogP contribution is -2.25. The Balaban J connectivity index is 0.000000132. The van der Waals surface area contributed by atoms with Gasteiger partial charge in [-0.1, -0.05) is 157 Å². The van der Waals surface area contributed by atoms with Gasteiger partial charge in [0.2, 0.25) is 0 Å². The van der Waals surface area contributed by atoms with Gasteiger partial charge in [-0.15, -0.1) is 0 Å². The molecule has 0 heterocycles. The van der Waals surface area contributed by atoms with Gasteiger partial charge in [0.15, 0.2) is 0 Å². The summed E-state index contributed by atoms with van der Waals surface area (Å²) in [5.74, 6) is 0. The highest BCUT2D eigenvalue weighted by Crippen LogP contribution is 2.62. The van der Waals surface area contributed by atoms with Gasteiger partial charge in [0, 0.05) is 5.41 Å². The van der Waals surface area contributed by atoms with Gasteiger partial charge >= 0.3 is 0 Å². The quantitative estimate of drug-likeness (QED) is 0.172. The van der Waals surface area contributed by atoms with Crippen molar-refractivity contribution in [2.24, 2.45) is 0 Å². The first-order valence-corrected chi connectivity index (χ1v) is 16.2. The molecule has 0 N–H and O–H groups in total. The van der Waals surface area contributed by atoms with Crippen molar-refractivity contribution in [3.8, 4) is 33.4 Å². The maximum absolute atomic E-state index is 2.43. The summed E-state index contributed by atoms with van der Waals surface area (Å²) < 4.78 is 0. The molecule has 2 spiro atoms. The van der Waals surface area contributed by atoms with E-state index in [1.807, 2.05) is 0 Å². The van der Waals surface area contributed by atoms with E-state index in [1.165, 1.54) is 92.4 Å². The van der Waals surface area contributed by atoms with Crippen LogP contribution < -0.4 is 0 Å². The minimum atomic E-state index is -0.189. The Morgan fingerprint density at radius 1 is 0.364 bits per heavy atom. The van der Waals surface area contributed by atoms with Crippen LogP contribution in [0, 0.1) is 13.8 Å². The summed E-state index contributed by atoms with van der Waals surface area (Å²) in [7, 11) is 0. The van der Waals surface area contributed by atoms with E-state index < -0.39 is 0 Å². The van der Waals surface area contributed by atoms with Crippen LogP contribution >= 0.6 is 0 Å². The molecule has 0 atom stereocenters. The van der Waals surface area contributed by atoms with Crippen LogP contribution in [-0.2, 0) is 10.8 Å². The first-order valence-electron chi connectivity index (χ1n) is 16.2. The number of benzene rings is 6. The number of rotatable bonds is 0. The van der Waals surface area contributed by atoms with Crippen LogP contribution in [0.15, 0.2) is 133 Å². The van der Waals surface area contributed by atoms with E-state index in [4.69, 9.17) is 0 Å². The summed E-state index contributed by atoms with van der Waals surface area (Å²) in [4.78, 5) is 0. The van der Waals surface area contributed by atoms with Crippen molar-refractivity contribution in [3.05, 3.63) is 178 Å². The maximum atomic E-state index is 2.43. The van der Waals surface area contributed by atoms with Crippen molar-refractivity contribution >= 4 is 0 Å². The lowest BCUT2D eigenvalue weighted by atomic mass is 9.70. The average molecular weight is 565 g/mol. The number of hydrogen-bond acceptors (Lipinski definition) is 0. The third-order valence-corrected chi connectivity index (χ3v) is 11.0. The molecule has 44 heavy (non-hydrogen) atoms. The zero-order chi connectivity index (χ0) is 29.5. The largest absolute Gasteiger partial charge is 0.0725 e. The monoisotopic (exact) mass is 564 g/mol. The van der Waals surface area contributed by atoms with E-state index >= 15 is 0 Å². The van der Waals surface area contributed by atoms with Crippen LogP contribution in [0.5, 0.6) is 0 Å². The van der Waals surface area contributed by atoms with Gasteiger partial charge in [0.1, 0.15) is 0 Å². The maximum Gasteiger partial charge on any atom is 0.0725 e. The zero-order valence-corrected chi connectivity index (χ0v) is 25.5. The highest BCUT2D eigenvalue weighted by molar-refractivity contribution is 5.95. The minimum Gasteiger partial charge on any atom is -0.0619 e. The first-order chi connectivity index (χ1) is 21.6. The Morgan fingerprint density at radius 2 is 0.727 bits per heavy atom. The van der Waals surface area contributed by atoms with Crippen LogP contribution in [0.3, 0.4) is 0 Å². The van der Waals surface area contributed by atoms with Gasteiger partial charge in [-0.3, -0.25) is 0 Å². The molecule has 1 saturated carbocycles. The lowest BCUT2D eigenvalue weighted by Gasteiger charge is -2.30. The Bertz CT molecular complexity index is 2040. The highest BCUT2D eigenvalue weighted by atomic mass is 14.5. The van der Waals surface area contributed by atoms with Crippen molar-refractivity contribution < 1.29 is 0 Å². The van der Waals surface area contributed by atoms with Gasteiger partial charge in [0.25, 0.3) is 0 Å². The van der Waals surface area contributed by atoms with Crippen LogP contribution in [0.25, 0.3) is 33.4 Å². The molecule has 0 unspecified atom stereocenters. The van der Waals surface area contributed by atoms with E-state index in [2.05, 4.69) is 147 Å². The van der Waals surface area contributed by atoms with Gasteiger partial charge in [-0.25, -0.2) is 0 Å². The number of fused-ring (bicyclic) bond motifs is 15. The molecule has 10 rings (SSSR count). The molecular weight excluding hydrogens is 528 g/mol. The molecule has 1 fully saturated rings. The first kappa shape index (κ1) is 25.8. The Morgan fingerprint density at radius 3 is 1.23 bits per heavy atom. The molecule has 0 saturated heterocycles. The number of aryl methyl sites for hydroxylation is 2. The predicted octanol–water partition coefficient (Wildman–Crippen LogP) is 11.2. The van der Waals surface area contributed by atoms with E-state index in [-0.39, 0.29) is 5.41 Å². The van der Waals surface area contributed by atoms with E-state index in [0.717, 1.165) is 0 Å². The third kappa shape index (κ3) is 3.29. The molecule has 4 aliphatic carbocycles. The SMILES string of the molecule is Cc1ccc2c(c1)C1(CCCC1)c1ccccc1-2.Cc1ccc2c(c1)C1(c3ccccc3-c3ccccc31)c1ccccc1-2. The fourth-order valence-corrected chi connectivity index (χ4v) is 9.30. The van der Waals surface area contributed by atoms with E-state index in [1.54, 1.807) is 11.1 Å². The van der Waals surface area contributed by atoms with Gasteiger partial charge in [0.05, 0.1) is 5.41 Å². The average Bonchev–Trinajstić information content (AvgIpc) is 3.81. The Hall–Kier alpha value is -4.68. The molecule has 212 valence electrons. The van der Waals surface area contributed by atoms with Gasteiger partial charge in [-0.05, 0) is 93.5 Å². The molecule has 6 aromatic carbocycles. The Kier molecular flexibility index (Phi) is 5.51. The van der Waals surface area contributed by atoms with Gasteiger partial charge in [-0.2, -0.15) is 0 Å². The van der Waals surface area contributed by atoms with Crippen LogP contribution in [-0.4, -0.2) is 0 Å². The molecule has 6 aromatic rings. The second-order valence-corrected chi connectivity index (χ2v) is 13.3. The summed E-state index contributed by atoms with van der Waals surface area (Å²) in [5, 5.41) is 0.